The first-order chi connectivity index (χ1) is 15.0. The van der Waals surface area contributed by atoms with Crippen molar-refractivity contribution in [2.75, 3.05) is 10.6 Å². The number of hydrogen-bond acceptors (Lipinski definition) is 4. The summed E-state index contributed by atoms with van der Waals surface area (Å²) < 4.78 is 0. The maximum Gasteiger partial charge on any atom is 0.252 e. The zero-order valence-electron chi connectivity index (χ0n) is 16.9. The minimum absolute atomic E-state index is 0.0755. The van der Waals surface area contributed by atoms with Crippen LogP contribution in [0.4, 0.5) is 11.4 Å². The Bertz CT molecular complexity index is 1210. The maximum atomic E-state index is 12.5. The molecule has 0 saturated carbocycles. The summed E-state index contributed by atoms with van der Waals surface area (Å²) >= 11 is 0. The molecule has 156 valence electrons. The number of hydrogen-bond donors (Lipinski definition) is 4. The first-order valence-corrected chi connectivity index (χ1v) is 9.83. The number of guanidine groups is 2. The molecule has 1 unspecified atom stereocenters. The summed E-state index contributed by atoms with van der Waals surface area (Å²) in [4.78, 5) is 33.1. The molecular formula is C23H22N6O2. The maximum absolute atomic E-state index is 12.5. The normalized spacial score (nSPS) is 16.0. The van der Waals surface area contributed by atoms with Gasteiger partial charge in [-0.25, -0.2) is 4.99 Å². The van der Waals surface area contributed by atoms with E-state index >= 15 is 0 Å². The molecule has 0 spiro atoms. The standard InChI is InChI=1S/C23H22N6O2/c1-14-7-2-5-11-17(14)26-22(24)29-23-27-19(21(31)28-23)13-20(30)25-18-12-6-9-15-8-3-4-10-16(15)18/h2-12,19H,13H2,1H3,(H,25,30)(H4,24,26,27,28,29,31). The molecular weight excluding hydrogens is 392 g/mol. The number of rotatable bonds is 4. The summed E-state index contributed by atoms with van der Waals surface area (Å²) in [5.74, 6) is -0.534. The van der Waals surface area contributed by atoms with E-state index in [4.69, 9.17) is 5.73 Å². The van der Waals surface area contributed by atoms with E-state index in [1.807, 2.05) is 73.7 Å². The van der Waals surface area contributed by atoms with Gasteiger partial charge >= 0.3 is 0 Å². The van der Waals surface area contributed by atoms with Crippen LogP contribution in [0.5, 0.6) is 0 Å². The third-order valence-electron chi connectivity index (χ3n) is 4.89. The van der Waals surface area contributed by atoms with Crippen LogP contribution >= 0.6 is 0 Å². The second-order valence-corrected chi connectivity index (χ2v) is 7.17. The molecule has 0 bridgehead atoms. The van der Waals surface area contributed by atoms with Crippen LogP contribution in [0.25, 0.3) is 10.8 Å². The average molecular weight is 414 g/mol. The smallest absolute Gasteiger partial charge is 0.252 e. The summed E-state index contributed by atoms with van der Waals surface area (Å²) in [5, 5.41) is 10.3. The average Bonchev–Trinajstić information content (AvgIpc) is 3.08. The number of nitrogens with one attached hydrogen (secondary N) is 3. The second kappa shape index (κ2) is 8.66. The summed E-state index contributed by atoms with van der Waals surface area (Å²) in [7, 11) is 0. The molecule has 8 nitrogen and oxygen atoms in total. The van der Waals surface area contributed by atoms with Crippen LogP contribution in [-0.2, 0) is 9.59 Å². The number of para-hydroxylation sites is 1. The Morgan fingerprint density at radius 1 is 1.03 bits per heavy atom. The first kappa shape index (κ1) is 20.1. The monoisotopic (exact) mass is 414 g/mol. The topological polar surface area (TPSA) is 121 Å². The minimum atomic E-state index is -0.861. The highest BCUT2D eigenvalue weighted by atomic mass is 16.2. The molecule has 4 rings (SSSR count). The molecule has 5 N–H and O–H groups in total. The van der Waals surface area contributed by atoms with Crippen molar-refractivity contribution < 1.29 is 9.59 Å². The molecule has 0 saturated heterocycles. The van der Waals surface area contributed by atoms with Crippen LogP contribution in [-0.4, -0.2) is 29.8 Å². The van der Waals surface area contributed by atoms with Gasteiger partial charge in [0, 0.05) is 16.8 Å². The third-order valence-corrected chi connectivity index (χ3v) is 4.89. The van der Waals surface area contributed by atoms with Crippen molar-refractivity contribution in [1.82, 2.24) is 5.32 Å². The van der Waals surface area contributed by atoms with Crippen molar-refractivity contribution in [3.8, 4) is 0 Å². The van der Waals surface area contributed by atoms with Gasteiger partial charge in [0.1, 0.15) is 6.04 Å². The summed E-state index contributed by atoms with van der Waals surface area (Å²) in [6.07, 6.45) is -0.0980. The Morgan fingerprint density at radius 3 is 2.58 bits per heavy atom. The van der Waals surface area contributed by atoms with Gasteiger partial charge in [-0.3, -0.25) is 14.9 Å². The van der Waals surface area contributed by atoms with Gasteiger partial charge < -0.3 is 16.4 Å². The highest BCUT2D eigenvalue weighted by Crippen LogP contribution is 2.23. The van der Waals surface area contributed by atoms with Gasteiger partial charge in [0.05, 0.1) is 6.42 Å². The number of carbonyl (C=O) groups is 2. The fourth-order valence-electron chi connectivity index (χ4n) is 3.33. The Labute approximate surface area is 179 Å². The van der Waals surface area contributed by atoms with E-state index in [0.717, 1.165) is 22.0 Å². The van der Waals surface area contributed by atoms with Crippen molar-refractivity contribution >= 4 is 45.9 Å². The molecule has 0 aliphatic carbocycles. The zero-order chi connectivity index (χ0) is 21.8. The summed E-state index contributed by atoms with van der Waals surface area (Å²) in [6.45, 7) is 1.94. The summed E-state index contributed by atoms with van der Waals surface area (Å²) in [5.41, 5.74) is 8.43. The van der Waals surface area contributed by atoms with E-state index in [1.165, 1.54) is 0 Å². The van der Waals surface area contributed by atoms with Gasteiger partial charge in [0.15, 0.2) is 0 Å². The number of amides is 2. The van der Waals surface area contributed by atoms with Crippen LogP contribution in [0.15, 0.2) is 76.7 Å². The van der Waals surface area contributed by atoms with Crippen LogP contribution in [0, 0.1) is 6.92 Å². The summed E-state index contributed by atoms with van der Waals surface area (Å²) in [6, 6.07) is 20.2. The van der Waals surface area contributed by atoms with Crippen molar-refractivity contribution in [2.24, 2.45) is 15.7 Å². The third kappa shape index (κ3) is 4.69. The van der Waals surface area contributed by atoms with Gasteiger partial charge in [-0.2, -0.15) is 4.99 Å². The number of benzene rings is 3. The zero-order valence-corrected chi connectivity index (χ0v) is 16.9. The molecule has 1 aliphatic heterocycles. The van der Waals surface area contributed by atoms with Gasteiger partial charge in [-0.15, -0.1) is 0 Å². The molecule has 2 amide bonds. The lowest BCUT2D eigenvalue weighted by atomic mass is 10.1. The Balaban J connectivity index is 1.42. The number of nitrogens with two attached hydrogens (primary N) is 1. The van der Waals surface area contributed by atoms with Crippen LogP contribution in [0.2, 0.25) is 0 Å². The molecule has 8 heteroatoms. The van der Waals surface area contributed by atoms with E-state index in [9.17, 15) is 9.59 Å². The Kier molecular flexibility index (Phi) is 5.61. The molecule has 1 aliphatic rings. The molecule has 1 atom stereocenters. The van der Waals surface area contributed by atoms with Crippen LogP contribution < -0.4 is 21.7 Å². The fourth-order valence-corrected chi connectivity index (χ4v) is 3.33. The lowest BCUT2D eigenvalue weighted by Gasteiger charge is -2.09. The number of nitrogens with zero attached hydrogens (tertiary/aromatic N) is 2. The van der Waals surface area contributed by atoms with Crippen LogP contribution in [0.1, 0.15) is 12.0 Å². The van der Waals surface area contributed by atoms with Gasteiger partial charge in [0.25, 0.3) is 5.91 Å². The number of anilines is 2. The molecule has 3 aromatic rings. The molecule has 0 fully saturated rings. The lowest BCUT2D eigenvalue weighted by molar-refractivity contribution is -0.123. The highest BCUT2D eigenvalue weighted by Gasteiger charge is 2.28. The molecule has 1 heterocycles. The first-order valence-electron chi connectivity index (χ1n) is 9.83. The Morgan fingerprint density at radius 2 is 1.74 bits per heavy atom. The van der Waals surface area contributed by atoms with Crippen molar-refractivity contribution in [3.05, 3.63) is 72.3 Å². The van der Waals surface area contributed by atoms with E-state index in [0.29, 0.717) is 5.69 Å². The van der Waals surface area contributed by atoms with Gasteiger partial charge in [-0.1, -0.05) is 54.6 Å². The predicted molar refractivity (Wildman–Crippen MR) is 123 cm³/mol. The van der Waals surface area contributed by atoms with Crippen molar-refractivity contribution in [3.63, 3.8) is 0 Å². The number of aryl methyl sites for hydroxylation is 1. The predicted octanol–water partition coefficient (Wildman–Crippen LogP) is 2.76. The number of fused-ring (bicyclic) bond motifs is 1. The Hall–Kier alpha value is -4.20. The van der Waals surface area contributed by atoms with Crippen molar-refractivity contribution in [2.45, 2.75) is 19.4 Å². The SMILES string of the molecule is Cc1ccccc1N/C(N)=N/C1=NC(CC(=O)Nc2cccc3ccccc23)C(=O)N1. The minimum Gasteiger partial charge on any atom is -0.369 e. The molecule has 31 heavy (non-hydrogen) atoms. The van der Waals surface area contributed by atoms with E-state index in [2.05, 4.69) is 25.9 Å². The number of aliphatic imine (C=N–C) groups is 2. The van der Waals surface area contributed by atoms with E-state index < -0.39 is 11.9 Å². The molecule has 0 aromatic heterocycles. The lowest BCUT2D eigenvalue weighted by Crippen LogP contribution is -2.32. The molecule has 0 radical (unpaired) electrons. The van der Waals surface area contributed by atoms with Gasteiger partial charge in [0.2, 0.25) is 17.8 Å². The second-order valence-electron chi connectivity index (χ2n) is 7.17. The quantitative estimate of drug-likeness (QED) is 0.387. The van der Waals surface area contributed by atoms with Crippen LogP contribution in [0.3, 0.4) is 0 Å². The fraction of sp³-hybridized carbons (Fsp3) is 0.130. The highest BCUT2D eigenvalue weighted by molar-refractivity contribution is 6.12. The van der Waals surface area contributed by atoms with E-state index in [1.54, 1.807) is 0 Å². The van der Waals surface area contributed by atoms with E-state index in [-0.39, 0.29) is 24.2 Å². The van der Waals surface area contributed by atoms with Crippen molar-refractivity contribution in [1.29, 1.82) is 0 Å². The number of carbonyl (C=O) groups excluding carboxylic acids is 2. The van der Waals surface area contributed by atoms with Gasteiger partial charge in [-0.05, 0) is 30.0 Å². The molecule has 3 aromatic carbocycles. The largest absolute Gasteiger partial charge is 0.369 e.